The first-order valence-corrected chi connectivity index (χ1v) is 4.64. The molecule has 0 aromatic rings. The molecule has 0 rings (SSSR count). The topological polar surface area (TPSA) is 46.2 Å². The Kier molecular flexibility index (Phi) is 3.30. The molecule has 0 saturated heterocycles. The normalized spacial score (nSPS) is 10.8. The third-order valence-corrected chi connectivity index (χ3v) is 1.71. The van der Waals surface area contributed by atoms with Gasteiger partial charge in [-0.05, 0) is 6.20 Å². The van der Waals surface area contributed by atoms with E-state index in [9.17, 15) is 8.42 Å². The maximum absolute atomic E-state index is 10.4. The van der Waals surface area contributed by atoms with Gasteiger partial charge < -0.3 is 5.32 Å². The first kappa shape index (κ1) is 8.49. The summed E-state index contributed by atoms with van der Waals surface area (Å²) in [7, 11) is -2.81. The fraction of sp³-hybridized carbons (Fsp3) is 0.600. The zero-order valence-corrected chi connectivity index (χ0v) is 6.24. The molecule has 0 spiro atoms. The van der Waals surface area contributed by atoms with E-state index < -0.39 is 9.84 Å². The summed E-state index contributed by atoms with van der Waals surface area (Å²) in [5.74, 6) is 0.166. The molecule has 0 aliphatic carbocycles. The highest BCUT2D eigenvalue weighted by molar-refractivity contribution is 7.90. The van der Waals surface area contributed by atoms with Crippen LogP contribution in [0.5, 0.6) is 0 Å². The largest absolute Gasteiger partial charge is 0.390 e. The summed E-state index contributed by atoms with van der Waals surface area (Å²) in [6.07, 6.45) is 2.68. The minimum atomic E-state index is -2.81. The second kappa shape index (κ2) is 3.50. The summed E-state index contributed by atoms with van der Waals surface area (Å²) in [5.41, 5.74) is 0. The van der Waals surface area contributed by atoms with Crippen molar-refractivity contribution < 1.29 is 8.42 Å². The smallest absolute Gasteiger partial charge is 0.149 e. The summed E-state index contributed by atoms with van der Waals surface area (Å²) in [5, 5.41) is 2.69. The third-order valence-electron chi connectivity index (χ3n) is 0.762. The van der Waals surface area contributed by atoms with E-state index in [1.807, 2.05) is 0 Å². The van der Waals surface area contributed by atoms with Crippen LogP contribution in [0.4, 0.5) is 0 Å². The second-order valence-corrected chi connectivity index (χ2v) is 4.05. The molecule has 0 aliphatic rings. The molecule has 54 valence electrons. The lowest BCUT2D eigenvalue weighted by Crippen LogP contribution is -2.16. The van der Waals surface area contributed by atoms with Crippen LogP contribution in [0.3, 0.4) is 0 Å². The highest BCUT2D eigenvalue weighted by Gasteiger charge is 1.97. The molecular formula is C5H11NO2S. The van der Waals surface area contributed by atoms with Gasteiger partial charge in [-0.1, -0.05) is 6.58 Å². The number of rotatable bonds is 4. The van der Waals surface area contributed by atoms with Gasteiger partial charge in [-0.3, -0.25) is 0 Å². The predicted molar refractivity (Wildman–Crippen MR) is 37.9 cm³/mol. The number of hydrogen-bond donors (Lipinski definition) is 1. The fourth-order valence-corrected chi connectivity index (χ4v) is 0.835. The molecule has 9 heavy (non-hydrogen) atoms. The van der Waals surface area contributed by atoms with E-state index in [-0.39, 0.29) is 5.75 Å². The van der Waals surface area contributed by atoms with E-state index in [4.69, 9.17) is 0 Å². The van der Waals surface area contributed by atoms with Crippen LogP contribution in [-0.4, -0.2) is 27.0 Å². The van der Waals surface area contributed by atoms with Crippen molar-refractivity contribution in [3.05, 3.63) is 12.8 Å². The number of sulfone groups is 1. The van der Waals surface area contributed by atoms with Gasteiger partial charge in [-0.15, -0.1) is 0 Å². The van der Waals surface area contributed by atoms with Crippen LogP contribution in [0.2, 0.25) is 0 Å². The van der Waals surface area contributed by atoms with Gasteiger partial charge in [-0.2, -0.15) is 0 Å². The SMILES string of the molecule is C=CNCCS(C)(=O)=O. The number of hydrogen-bond acceptors (Lipinski definition) is 3. The second-order valence-electron chi connectivity index (χ2n) is 1.79. The summed E-state index contributed by atoms with van der Waals surface area (Å²) < 4.78 is 20.9. The van der Waals surface area contributed by atoms with Crippen LogP contribution in [0.15, 0.2) is 12.8 Å². The van der Waals surface area contributed by atoms with E-state index >= 15 is 0 Å². The summed E-state index contributed by atoms with van der Waals surface area (Å²) in [6.45, 7) is 3.82. The van der Waals surface area contributed by atoms with Crippen molar-refractivity contribution in [1.29, 1.82) is 0 Å². The van der Waals surface area contributed by atoms with Gasteiger partial charge >= 0.3 is 0 Å². The monoisotopic (exact) mass is 149 g/mol. The molecule has 0 heterocycles. The summed E-state index contributed by atoms with van der Waals surface area (Å²) >= 11 is 0. The summed E-state index contributed by atoms with van der Waals surface area (Å²) in [6, 6.07) is 0. The minimum absolute atomic E-state index is 0.166. The molecule has 0 saturated carbocycles. The quantitative estimate of drug-likeness (QED) is 0.561. The molecule has 0 aliphatic heterocycles. The van der Waals surface area contributed by atoms with Crippen molar-refractivity contribution >= 4 is 9.84 Å². The van der Waals surface area contributed by atoms with Crippen molar-refractivity contribution in [2.24, 2.45) is 0 Å². The zero-order valence-electron chi connectivity index (χ0n) is 5.42. The molecule has 0 bridgehead atoms. The van der Waals surface area contributed by atoms with Gasteiger partial charge in [0, 0.05) is 12.8 Å². The van der Waals surface area contributed by atoms with Gasteiger partial charge in [0.1, 0.15) is 9.84 Å². The van der Waals surface area contributed by atoms with Crippen molar-refractivity contribution in [2.45, 2.75) is 0 Å². The third kappa shape index (κ3) is 7.49. The predicted octanol–water partition coefficient (Wildman–Crippen LogP) is -0.236. The van der Waals surface area contributed by atoms with E-state index in [0.717, 1.165) is 0 Å². The highest BCUT2D eigenvalue weighted by Crippen LogP contribution is 1.78. The van der Waals surface area contributed by atoms with Crippen LogP contribution in [0, 0.1) is 0 Å². The Morgan fingerprint density at radius 2 is 2.22 bits per heavy atom. The minimum Gasteiger partial charge on any atom is -0.390 e. The molecule has 0 atom stereocenters. The zero-order chi connectivity index (χ0) is 7.33. The Hall–Kier alpha value is -0.510. The van der Waals surface area contributed by atoms with Crippen LogP contribution in [0.1, 0.15) is 0 Å². The van der Waals surface area contributed by atoms with Crippen LogP contribution in [0.25, 0.3) is 0 Å². The van der Waals surface area contributed by atoms with Gasteiger partial charge in [0.2, 0.25) is 0 Å². The van der Waals surface area contributed by atoms with Crippen LogP contribution >= 0.6 is 0 Å². The Balaban J connectivity index is 3.40. The van der Waals surface area contributed by atoms with Crippen LogP contribution in [-0.2, 0) is 9.84 Å². The molecule has 0 aromatic carbocycles. The molecule has 0 unspecified atom stereocenters. The molecule has 3 nitrogen and oxygen atoms in total. The van der Waals surface area contributed by atoms with E-state index in [1.54, 1.807) is 0 Å². The van der Waals surface area contributed by atoms with Crippen molar-refractivity contribution in [1.82, 2.24) is 5.32 Å². The van der Waals surface area contributed by atoms with Gasteiger partial charge in [0.15, 0.2) is 0 Å². The molecule has 0 radical (unpaired) electrons. The highest BCUT2D eigenvalue weighted by atomic mass is 32.2. The first-order chi connectivity index (χ1) is 4.06. The summed E-state index contributed by atoms with van der Waals surface area (Å²) in [4.78, 5) is 0. The van der Waals surface area contributed by atoms with Gasteiger partial charge in [0.05, 0.1) is 5.75 Å². The standard InChI is InChI=1S/C5H11NO2S/c1-3-6-4-5-9(2,7)8/h3,6H,1,4-5H2,2H3. The van der Waals surface area contributed by atoms with Crippen molar-refractivity contribution in [2.75, 3.05) is 18.6 Å². The Bertz CT molecular complexity index is 171. The van der Waals surface area contributed by atoms with Gasteiger partial charge in [0.25, 0.3) is 0 Å². The average Bonchev–Trinajstić information content (AvgIpc) is 1.63. The van der Waals surface area contributed by atoms with Crippen molar-refractivity contribution in [3.8, 4) is 0 Å². The first-order valence-electron chi connectivity index (χ1n) is 2.58. The van der Waals surface area contributed by atoms with Crippen molar-refractivity contribution in [3.63, 3.8) is 0 Å². The maximum atomic E-state index is 10.4. The molecule has 1 N–H and O–H groups in total. The Labute approximate surface area is 55.7 Å². The lowest BCUT2D eigenvalue weighted by Gasteiger charge is -1.96. The average molecular weight is 149 g/mol. The molecular weight excluding hydrogens is 138 g/mol. The molecule has 0 amide bonds. The van der Waals surface area contributed by atoms with Crippen LogP contribution < -0.4 is 5.32 Å². The van der Waals surface area contributed by atoms with E-state index in [1.165, 1.54) is 12.5 Å². The lowest BCUT2D eigenvalue weighted by atomic mass is 10.7. The molecule has 0 fully saturated rings. The number of nitrogens with one attached hydrogen (secondary N) is 1. The van der Waals surface area contributed by atoms with E-state index in [2.05, 4.69) is 11.9 Å². The van der Waals surface area contributed by atoms with Gasteiger partial charge in [-0.25, -0.2) is 8.42 Å². The molecule has 0 aromatic heterocycles. The fourth-order valence-electron chi connectivity index (χ4n) is 0.346. The lowest BCUT2D eigenvalue weighted by molar-refractivity contribution is 0.600. The Morgan fingerprint density at radius 3 is 2.56 bits per heavy atom. The van der Waals surface area contributed by atoms with E-state index in [0.29, 0.717) is 6.54 Å². The Morgan fingerprint density at radius 1 is 1.67 bits per heavy atom. The molecule has 4 heteroatoms. The maximum Gasteiger partial charge on any atom is 0.149 e.